The Morgan fingerprint density at radius 3 is 1.21 bits per heavy atom. The summed E-state index contributed by atoms with van der Waals surface area (Å²) < 4.78 is 0. The second kappa shape index (κ2) is 40.3. The lowest BCUT2D eigenvalue weighted by molar-refractivity contribution is -0.123. The summed E-state index contributed by atoms with van der Waals surface area (Å²) in [4.78, 5) is 12.4. The number of rotatable bonds is 39. The normalized spacial score (nSPS) is 13.2. The highest BCUT2D eigenvalue weighted by atomic mass is 16.3. The molecule has 0 fully saturated rings. The first-order chi connectivity index (χ1) is 23.7. The molecule has 4 heteroatoms. The predicted molar refractivity (Wildman–Crippen MR) is 212 cm³/mol. The maximum Gasteiger partial charge on any atom is 0.220 e. The van der Waals surface area contributed by atoms with Crippen molar-refractivity contribution in [2.75, 3.05) is 6.61 Å². The molecule has 4 nitrogen and oxygen atoms in total. The summed E-state index contributed by atoms with van der Waals surface area (Å²) in [5, 5.41) is 22.9. The average molecular weight is 676 g/mol. The van der Waals surface area contributed by atoms with E-state index in [1.54, 1.807) is 6.08 Å². The molecule has 0 unspecified atom stereocenters. The van der Waals surface area contributed by atoms with Crippen molar-refractivity contribution >= 4 is 5.91 Å². The molecule has 3 N–H and O–H groups in total. The van der Waals surface area contributed by atoms with E-state index in [1.165, 1.54) is 180 Å². The maximum atomic E-state index is 12.4. The molecule has 0 saturated heterocycles. The third kappa shape index (κ3) is 36.2. The van der Waals surface area contributed by atoms with Gasteiger partial charge in [-0.25, -0.2) is 0 Å². The fourth-order valence-electron chi connectivity index (χ4n) is 6.61. The molecule has 1 amide bonds. The van der Waals surface area contributed by atoms with Gasteiger partial charge >= 0.3 is 0 Å². The van der Waals surface area contributed by atoms with Crippen LogP contribution in [-0.2, 0) is 4.79 Å². The van der Waals surface area contributed by atoms with Gasteiger partial charge in [-0.2, -0.15) is 0 Å². The van der Waals surface area contributed by atoms with Gasteiger partial charge in [0.2, 0.25) is 5.91 Å². The molecular weight excluding hydrogens is 590 g/mol. The third-order valence-electron chi connectivity index (χ3n) is 9.94. The fourth-order valence-corrected chi connectivity index (χ4v) is 6.61. The van der Waals surface area contributed by atoms with E-state index in [-0.39, 0.29) is 12.5 Å². The molecule has 0 aromatic heterocycles. The molecule has 0 saturated carbocycles. The Morgan fingerprint density at radius 2 is 0.812 bits per heavy atom. The summed E-state index contributed by atoms with van der Waals surface area (Å²) in [6, 6.07) is -0.633. The number of carbonyl (C=O) groups excluding carboxylic acids is 1. The first-order valence-corrected chi connectivity index (χ1v) is 21.6. The molecule has 0 aromatic rings. The van der Waals surface area contributed by atoms with Gasteiger partial charge < -0.3 is 15.5 Å². The van der Waals surface area contributed by atoms with Crippen LogP contribution in [0.15, 0.2) is 24.3 Å². The number of allylic oxidation sites excluding steroid dienone is 3. The molecule has 0 spiro atoms. The summed E-state index contributed by atoms with van der Waals surface area (Å²) in [5.74, 6) is -0.0708. The number of unbranched alkanes of at least 4 members (excludes halogenated alkanes) is 30. The lowest BCUT2D eigenvalue weighted by Gasteiger charge is -2.19. The molecule has 0 aliphatic carbocycles. The van der Waals surface area contributed by atoms with Crippen molar-refractivity contribution in [2.45, 2.75) is 244 Å². The Kier molecular flexibility index (Phi) is 39.4. The van der Waals surface area contributed by atoms with Gasteiger partial charge in [0, 0.05) is 6.42 Å². The molecule has 0 radical (unpaired) electrons. The summed E-state index contributed by atoms with van der Waals surface area (Å²) in [5.41, 5.74) is 0. The quantitative estimate of drug-likeness (QED) is 0.0448. The molecule has 0 heterocycles. The van der Waals surface area contributed by atoms with E-state index < -0.39 is 12.1 Å². The number of carbonyl (C=O) groups is 1. The Labute approximate surface area is 300 Å². The van der Waals surface area contributed by atoms with Crippen LogP contribution in [0.4, 0.5) is 0 Å². The molecule has 0 rings (SSSR count). The minimum atomic E-state index is -0.857. The highest BCUT2D eigenvalue weighted by Gasteiger charge is 2.17. The van der Waals surface area contributed by atoms with Crippen molar-refractivity contribution in [3.8, 4) is 0 Å². The van der Waals surface area contributed by atoms with Gasteiger partial charge in [0.1, 0.15) is 0 Å². The number of hydrogen-bond donors (Lipinski definition) is 3. The number of aliphatic hydroxyl groups is 2. The second-order valence-corrected chi connectivity index (χ2v) is 14.8. The maximum absolute atomic E-state index is 12.4. The lowest BCUT2D eigenvalue weighted by atomic mass is 10.0. The summed E-state index contributed by atoms with van der Waals surface area (Å²) >= 11 is 0. The first-order valence-electron chi connectivity index (χ1n) is 21.6. The van der Waals surface area contributed by atoms with Crippen molar-refractivity contribution in [2.24, 2.45) is 0 Å². The van der Waals surface area contributed by atoms with Crippen LogP contribution >= 0.6 is 0 Å². The van der Waals surface area contributed by atoms with Crippen LogP contribution in [0.5, 0.6) is 0 Å². The number of hydrogen-bond acceptors (Lipinski definition) is 3. The van der Waals surface area contributed by atoms with Gasteiger partial charge in [0.25, 0.3) is 0 Å². The Bertz CT molecular complexity index is 691. The van der Waals surface area contributed by atoms with Gasteiger partial charge in [-0.15, -0.1) is 0 Å². The van der Waals surface area contributed by atoms with Crippen LogP contribution in [0, 0.1) is 0 Å². The van der Waals surface area contributed by atoms with Crippen molar-refractivity contribution in [1.29, 1.82) is 0 Å². The number of amides is 1. The fraction of sp³-hybridized carbons (Fsp3) is 0.886. The highest BCUT2D eigenvalue weighted by molar-refractivity contribution is 5.76. The van der Waals surface area contributed by atoms with Crippen LogP contribution < -0.4 is 5.32 Å². The van der Waals surface area contributed by atoms with Crippen molar-refractivity contribution < 1.29 is 15.0 Å². The average Bonchev–Trinajstić information content (AvgIpc) is 3.09. The zero-order chi connectivity index (χ0) is 35.0. The van der Waals surface area contributed by atoms with E-state index in [4.69, 9.17) is 0 Å². The molecule has 48 heavy (non-hydrogen) atoms. The lowest BCUT2D eigenvalue weighted by Crippen LogP contribution is -2.45. The smallest absolute Gasteiger partial charge is 0.220 e. The SMILES string of the molecule is CCCCCCCCCC/C=C/CC/C=C/[C@@H](O)[C@H](CO)NC(=O)CCCCCCCCCCCCCCCCCCCCCCCC. The first kappa shape index (κ1) is 46.9. The number of nitrogens with one attached hydrogen (secondary N) is 1. The van der Waals surface area contributed by atoms with E-state index in [9.17, 15) is 15.0 Å². The predicted octanol–water partition coefficient (Wildman–Crippen LogP) is 13.2. The Balaban J connectivity index is 3.54. The van der Waals surface area contributed by atoms with E-state index in [2.05, 4.69) is 31.3 Å². The van der Waals surface area contributed by atoms with E-state index in [0.717, 1.165) is 32.1 Å². The van der Waals surface area contributed by atoms with Gasteiger partial charge in [-0.3, -0.25) is 4.79 Å². The van der Waals surface area contributed by atoms with E-state index in [1.807, 2.05) is 6.08 Å². The molecule has 0 aliphatic rings. The Hall–Kier alpha value is -1.13. The largest absolute Gasteiger partial charge is 0.394 e. The second-order valence-electron chi connectivity index (χ2n) is 14.8. The van der Waals surface area contributed by atoms with Crippen LogP contribution in [0.1, 0.15) is 232 Å². The van der Waals surface area contributed by atoms with Crippen LogP contribution in [0.3, 0.4) is 0 Å². The molecule has 0 aliphatic heterocycles. The molecule has 0 aromatic carbocycles. The van der Waals surface area contributed by atoms with Crippen molar-refractivity contribution in [3.63, 3.8) is 0 Å². The summed E-state index contributed by atoms with van der Waals surface area (Å²) in [6.45, 7) is 4.30. The molecular formula is C44H85NO3. The monoisotopic (exact) mass is 676 g/mol. The molecule has 0 bridgehead atoms. The topological polar surface area (TPSA) is 69.6 Å². The van der Waals surface area contributed by atoms with Crippen LogP contribution in [0.25, 0.3) is 0 Å². The Morgan fingerprint density at radius 1 is 0.479 bits per heavy atom. The third-order valence-corrected chi connectivity index (χ3v) is 9.94. The van der Waals surface area contributed by atoms with Gasteiger partial charge in [0.15, 0.2) is 0 Å². The highest BCUT2D eigenvalue weighted by Crippen LogP contribution is 2.16. The summed E-state index contributed by atoms with van der Waals surface area (Å²) in [6.07, 6.45) is 51.4. The van der Waals surface area contributed by atoms with Crippen LogP contribution in [-0.4, -0.2) is 34.9 Å². The van der Waals surface area contributed by atoms with E-state index in [0.29, 0.717) is 6.42 Å². The number of aliphatic hydroxyl groups excluding tert-OH is 2. The van der Waals surface area contributed by atoms with Gasteiger partial charge in [-0.05, 0) is 32.1 Å². The van der Waals surface area contributed by atoms with E-state index >= 15 is 0 Å². The zero-order valence-corrected chi connectivity index (χ0v) is 32.5. The van der Waals surface area contributed by atoms with Crippen molar-refractivity contribution in [1.82, 2.24) is 5.32 Å². The zero-order valence-electron chi connectivity index (χ0n) is 32.5. The van der Waals surface area contributed by atoms with Crippen LogP contribution in [0.2, 0.25) is 0 Å². The van der Waals surface area contributed by atoms with Gasteiger partial charge in [0.05, 0.1) is 18.8 Å². The van der Waals surface area contributed by atoms with Crippen molar-refractivity contribution in [3.05, 3.63) is 24.3 Å². The standard InChI is InChI=1S/C44H85NO3/c1-3-5-7-9-11-13-15-17-19-20-21-22-23-24-25-26-28-30-32-34-36-38-40-44(48)45-42(41-46)43(47)39-37-35-33-31-29-27-18-16-14-12-10-8-6-4-2/h29,31,37,39,42-43,46-47H,3-28,30,32-36,38,40-41H2,1-2H3,(H,45,48)/b31-29+,39-37+/t42-,43+/m0/s1. The minimum absolute atomic E-state index is 0.0708. The molecule has 284 valence electrons. The summed E-state index contributed by atoms with van der Waals surface area (Å²) in [7, 11) is 0. The molecule has 2 atom stereocenters. The minimum Gasteiger partial charge on any atom is -0.394 e. The van der Waals surface area contributed by atoms with Gasteiger partial charge in [-0.1, -0.05) is 218 Å².